The summed E-state index contributed by atoms with van der Waals surface area (Å²) in [5.41, 5.74) is 1.14. The van der Waals surface area contributed by atoms with E-state index in [1.807, 2.05) is 24.3 Å². The van der Waals surface area contributed by atoms with Crippen LogP contribution in [-0.4, -0.2) is 19.2 Å². The molecule has 0 saturated heterocycles. The van der Waals surface area contributed by atoms with Crippen LogP contribution in [0, 0.1) is 5.92 Å². The minimum atomic E-state index is 0.641. The molecule has 0 spiro atoms. The predicted molar refractivity (Wildman–Crippen MR) is 80.5 cm³/mol. The zero-order valence-corrected chi connectivity index (χ0v) is 12.5. The molecule has 0 heterocycles. The molecule has 0 aliphatic heterocycles. The fourth-order valence-corrected chi connectivity index (χ4v) is 2.97. The summed E-state index contributed by atoms with van der Waals surface area (Å²) in [6, 6.07) is 8.53. The van der Waals surface area contributed by atoms with E-state index in [0.717, 1.165) is 29.7 Å². The van der Waals surface area contributed by atoms with Crippen molar-refractivity contribution < 1.29 is 4.74 Å². The minimum Gasteiger partial charge on any atom is -0.375 e. The van der Waals surface area contributed by atoms with E-state index in [-0.39, 0.29) is 0 Å². The summed E-state index contributed by atoms with van der Waals surface area (Å²) in [6.45, 7) is 4.69. The maximum atomic E-state index is 5.93. The van der Waals surface area contributed by atoms with Gasteiger partial charge in [0, 0.05) is 17.6 Å². The lowest BCUT2D eigenvalue weighted by Crippen LogP contribution is -2.38. The number of halogens is 1. The molecule has 2 unspecified atom stereocenters. The largest absolute Gasteiger partial charge is 0.375 e. The van der Waals surface area contributed by atoms with Gasteiger partial charge in [0.25, 0.3) is 0 Å². The maximum Gasteiger partial charge on any atom is 0.0718 e. The van der Waals surface area contributed by atoms with E-state index in [4.69, 9.17) is 16.3 Å². The number of benzene rings is 1. The molecule has 0 bridgehead atoms. The van der Waals surface area contributed by atoms with E-state index >= 15 is 0 Å². The highest BCUT2D eigenvalue weighted by Gasteiger charge is 2.19. The fraction of sp³-hybridized carbons (Fsp3) is 0.625. The van der Waals surface area contributed by atoms with Gasteiger partial charge in [0.05, 0.1) is 13.2 Å². The van der Waals surface area contributed by atoms with E-state index in [0.29, 0.717) is 12.6 Å². The number of rotatable bonds is 6. The van der Waals surface area contributed by atoms with Gasteiger partial charge in [0.2, 0.25) is 0 Å². The molecule has 1 N–H and O–H groups in total. The van der Waals surface area contributed by atoms with Crippen LogP contribution in [0.4, 0.5) is 0 Å². The zero-order chi connectivity index (χ0) is 13.5. The fourth-order valence-electron chi connectivity index (χ4n) is 2.75. The van der Waals surface area contributed by atoms with Crippen LogP contribution in [-0.2, 0) is 11.3 Å². The molecule has 0 aromatic heterocycles. The lowest BCUT2D eigenvalue weighted by Gasteiger charge is -2.29. The Kier molecular flexibility index (Phi) is 6.15. The maximum absolute atomic E-state index is 5.93. The molecule has 3 heteroatoms. The normalized spacial score (nSPS) is 23.5. The molecule has 1 fully saturated rings. The average Bonchev–Trinajstić information content (AvgIpc) is 2.40. The molecule has 0 radical (unpaired) electrons. The Balaban J connectivity index is 1.59. The average molecular weight is 282 g/mol. The first-order valence-corrected chi connectivity index (χ1v) is 7.69. The van der Waals surface area contributed by atoms with Gasteiger partial charge in [-0.25, -0.2) is 0 Å². The van der Waals surface area contributed by atoms with Gasteiger partial charge >= 0.3 is 0 Å². The summed E-state index contributed by atoms with van der Waals surface area (Å²) in [5.74, 6) is 0.807. The van der Waals surface area contributed by atoms with Crippen LogP contribution in [0.2, 0.25) is 5.02 Å². The van der Waals surface area contributed by atoms with Crippen LogP contribution in [0.15, 0.2) is 24.3 Å². The molecule has 106 valence electrons. The summed E-state index contributed by atoms with van der Waals surface area (Å²) in [5, 5.41) is 4.39. The van der Waals surface area contributed by atoms with Crippen molar-refractivity contribution in [2.24, 2.45) is 5.92 Å². The van der Waals surface area contributed by atoms with E-state index < -0.39 is 0 Å². The SMILES string of the molecule is CC1CCCCC1NCCOCc1cccc(Cl)c1. The third-order valence-electron chi connectivity index (χ3n) is 3.92. The second-order valence-corrected chi connectivity index (χ2v) is 5.94. The Hall–Kier alpha value is -0.570. The zero-order valence-electron chi connectivity index (χ0n) is 11.7. The van der Waals surface area contributed by atoms with Crippen molar-refractivity contribution in [3.63, 3.8) is 0 Å². The molecule has 1 saturated carbocycles. The van der Waals surface area contributed by atoms with E-state index in [2.05, 4.69) is 12.2 Å². The Morgan fingerprint density at radius 3 is 2.95 bits per heavy atom. The molecule has 1 aromatic carbocycles. The van der Waals surface area contributed by atoms with Crippen molar-refractivity contribution in [3.8, 4) is 0 Å². The van der Waals surface area contributed by atoms with E-state index in [1.165, 1.54) is 25.7 Å². The van der Waals surface area contributed by atoms with Gasteiger partial charge in [0.1, 0.15) is 0 Å². The number of ether oxygens (including phenoxy) is 1. The van der Waals surface area contributed by atoms with Crippen molar-refractivity contribution in [1.82, 2.24) is 5.32 Å². The van der Waals surface area contributed by atoms with Crippen LogP contribution in [0.5, 0.6) is 0 Å². The van der Waals surface area contributed by atoms with Gasteiger partial charge in [-0.05, 0) is 36.5 Å². The number of nitrogens with one attached hydrogen (secondary N) is 1. The first-order chi connectivity index (χ1) is 9.25. The summed E-state index contributed by atoms with van der Waals surface area (Å²) >= 11 is 5.93. The highest BCUT2D eigenvalue weighted by Crippen LogP contribution is 2.23. The van der Waals surface area contributed by atoms with Gasteiger partial charge in [-0.2, -0.15) is 0 Å². The van der Waals surface area contributed by atoms with Crippen molar-refractivity contribution in [2.75, 3.05) is 13.2 Å². The van der Waals surface area contributed by atoms with E-state index in [9.17, 15) is 0 Å². The van der Waals surface area contributed by atoms with Crippen LogP contribution in [0.25, 0.3) is 0 Å². The van der Waals surface area contributed by atoms with Gasteiger partial charge in [-0.3, -0.25) is 0 Å². The summed E-state index contributed by atoms with van der Waals surface area (Å²) < 4.78 is 5.68. The first-order valence-electron chi connectivity index (χ1n) is 7.31. The molecule has 2 nitrogen and oxygen atoms in total. The number of hydrogen-bond acceptors (Lipinski definition) is 2. The molecular formula is C16H24ClNO. The van der Waals surface area contributed by atoms with Crippen LogP contribution in [0.1, 0.15) is 38.2 Å². The van der Waals surface area contributed by atoms with Crippen molar-refractivity contribution in [1.29, 1.82) is 0 Å². The molecule has 0 amide bonds. The predicted octanol–water partition coefficient (Wildman–Crippen LogP) is 4.02. The second kappa shape index (κ2) is 7.88. The van der Waals surface area contributed by atoms with Gasteiger partial charge in [0.15, 0.2) is 0 Å². The van der Waals surface area contributed by atoms with Gasteiger partial charge in [-0.15, -0.1) is 0 Å². The van der Waals surface area contributed by atoms with Crippen molar-refractivity contribution >= 4 is 11.6 Å². The van der Waals surface area contributed by atoms with Gasteiger partial charge in [-0.1, -0.05) is 43.5 Å². The molecule has 2 rings (SSSR count). The summed E-state index contributed by atoms with van der Waals surface area (Å²) in [7, 11) is 0. The highest BCUT2D eigenvalue weighted by atomic mass is 35.5. The molecule has 1 aromatic rings. The van der Waals surface area contributed by atoms with Crippen LogP contribution >= 0.6 is 11.6 Å². The van der Waals surface area contributed by atoms with E-state index in [1.54, 1.807) is 0 Å². The number of hydrogen-bond donors (Lipinski definition) is 1. The third kappa shape index (κ3) is 5.13. The summed E-state index contributed by atoms with van der Waals surface area (Å²) in [4.78, 5) is 0. The minimum absolute atomic E-state index is 0.641. The summed E-state index contributed by atoms with van der Waals surface area (Å²) in [6.07, 6.45) is 5.44. The third-order valence-corrected chi connectivity index (χ3v) is 4.16. The first kappa shape index (κ1) is 14.8. The Labute approximate surface area is 121 Å². The Bertz CT molecular complexity index is 383. The molecular weight excluding hydrogens is 258 g/mol. The highest BCUT2D eigenvalue weighted by molar-refractivity contribution is 6.30. The quantitative estimate of drug-likeness (QED) is 0.795. The Morgan fingerprint density at radius 1 is 1.32 bits per heavy atom. The van der Waals surface area contributed by atoms with Crippen LogP contribution < -0.4 is 5.32 Å². The van der Waals surface area contributed by atoms with Crippen LogP contribution in [0.3, 0.4) is 0 Å². The lowest BCUT2D eigenvalue weighted by molar-refractivity contribution is 0.116. The molecule has 1 aliphatic rings. The second-order valence-electron chi connectivity index (χ2n) is 5.50. The molecule has 19 heavy (non-hydrogen) atoms. The monoisotopic (exact) mass is 281 g/mol. The van der Waals surface area contributed by atoms with Gasteiger partial charge < -0.3 is 10.1 Å². The smallest absolute Gasteiger partial charge is 0.0718 e. The van der Waals surface area contributed by atoms with Crippen molar-refractivity contribution in [3.05, 3.63) is 34.9 Å². The topological polar surface area (TPSA) is 21.3 Å². The molecule has 1 aliphatic carbocycles. The molecule has 2 atom stereocenters. The lowest BCUT2D eigenvalue weighted by atomic mass is 9.86. The van der Waals surface area contributed by atoms with Crippen molar-refractivity contribution in [2.45, 2.75) is 45.3 Å². The standard InChI is InChI=1S/C16H24ClNO/c1-13-5-2-3-8-16(13)18-9-10-19-12-14-6-4-7-15(17)11-14/h4,6-7,11,13,16,18H,2-3,5,8-10,12H2,1H3. The Morgan fingerprint density at radius 2 is 2.16 bits per heavy atom.